The van der Waals surface area contributed by atoms with E-state index in [1.165, 1.54) is 0 Å². The number of benzene rings is 2. The maximum atomic E-state index is 11.9. The lowest BCUT2D eigenvalue weighted by Gasteiger charge is -2.34. The van der Waals surface area contributed by atoms with E-state index in [0.29, 0.717) is 6.54 Å². The number of fused-ring (bicyclic) bond motifs is 1. The number of imide groups is 1. The maximum absolute atomic E-state index is 11.9. The number of nitrogens with zero attached hydrogens (tertiary/aromatic N) is 1. The normalized spacial score (nSPS) is 19.0. The van der Waals surface area contributed by atoms with E-state index in [1.807, 2.05) is 41.3 Å². The summed E-state index contributed by atoms with van der Waals surface area (Å²) in [6.07, 6.45) is 0. The summed E-state index contributed by atoms with van der Waals surface area (Å²) >= 11 is 0. The van der Waals surface area contributed by atoms with Gasteiger partial charge < -0.3 is 10.6 Å². The summed E-state index contributed by atoms with van der Waals surface area (Å²) in [6, 6.07) is 11.4. The van der Waals surface area contributed by atoms with Gasteiger partial charge in [-0.05, 0) is 23.9 Å². The molecule has 1 atom stereocenters. The summed E-state index contributed by atoms with van der Waals surface area (Å²) in [5.41, 5.74) is 7.72. The summed E-state index contributed by atoms with van der Waals surface area (Å²) in [7, 11) is 0. The third kappa shape index (κ3) is 2.25. The second kappa shape index (κ2) is 5.18. The summed E-state index contributed by atoms with van der Waals surface area (Å²) in [4.78, 5) is 25.4. The average molecular weight is 283 g/mol. The number of piperazine rings is 1. The molecular formula is C16H17N3O2. The Balaban J connectivity index is 2.16. The Morgan fingerprint density at radius 1 is 1.19 bits per heavy atom. The molecular weight excluding hydrogens is 266 g/mol. The van der Waals surface area contributed by atoms with Gasteiger partial charge in [-0.25, -0.2) is 0 Å². The zero-order valence-corrected chi connectivity index (χ0v) is 11.8. The van der Waals surface area contributed by atoms with Gasteiger partial charge in [-0.1, -0.05) is 30.3 Å². The molecule has 1 aliphatic rings. The fraction of sp³-hybridized carbons (Fsp3) is 0.250. The number of hydrogen-bond acceptors (Lipinski definition) is 4. The summed E-state index contributed by atoms with van der Waals surface area (Å²) in [5.74, 6) is -0.539. The molecule has 21 heavy (non-hydrogen) atoms. The van der Waals surface area contributed by atoms with Gasteiger partial charge in [-0.3, -0.25) is 14.9 Å². The molecule has 0 radical (unpaired) electrons. The molecule has 0 aliphatic carbocycles. The van der Waals surface area contributed by atoms with Crippen molar-refractivity contribution in [2.45, 2.75) is 19.5 Å². The van der Waals surface area contributed by atoms with Crippen LogP contribution in [0.1, 0.15) is 12.5 Å². The highest BCUT2D eigenvalue weighted by Crippen LogP contribution is 2.31. The standard InChI is InChI=1S/C16H17N3O2/c1-10-16(21)18-15(20)9-19(10)14-7-6-11(8-17)12-4-2-3-5-13(12)14/h2-7,10H,8-9,17H2,1H3,(H,18,20,21). The molecule has 3 rings (SSSR count). The van der Waals surface area contributed by atoms with Crippen LogP contribution in [-0.4, -0.2) is 24.4 Å². The van der Waals surface area contributed by atoms with Crippen molar-refractivity contribution in [2.24, 2.45) is 5.73 Å². The van der Waals surface area contributed by atoms with Crippen LogP contribution in [0, 0.1) is 0 Å². The minimum atomic E-state index is -0.380. The van der Waals surface area contributed by atoms with Crippen molar-refractivity contribution in [2.75, 3.05) is 11.4 Å². The summed E-state index contributed by atoms with van der Waals surface area (Å²) in [6.45, 7) is 2.43. The number of nitrogens with one attached hydrogen (secondary N) is 1. The quantitative estimate of drug-likeness (QED) is 0.811. The molecule has 0 aromatic heterocycles. The molecule has 1 heterocycles. The van der Waals surface area contributed by atoms with Crippen LogP contribution in [0.5, 0.6) is 0 Å². The predicted molar refractivity (Wildman–Crippen MR) is 81.8 cm³/mol. The third-order valence-corrected chi connectivity index (χ3v) is 3.94. The first-order valence-electron chi connectivity index (χ1n) is 6.93. The first kappa shape index (κ1) is 13.6. The van der Waals surface area contributed by atoms with E-state index in [1.54, 1.807) is 6.92 Å². The molecule has 1 unspecified atom stereocenters. The van der Waals surface area contributed by atoms with Gasteiger partial charge in [-0.15, -0.1) is 0 Å². The molecule has 2 aromatic rings. The Morgan fingerprint density at radius 3 is 2.62 bits per heavy atom. The van der Waals surface area contributed by atoms with Crippen LogP contribution in [0.2, 0.25) is 0 Å². The van der Waals surface area contributed by atoms with Crippen molar-refractivity contribution < 1.29 is 9.59 Å². The largest absolute Gasteiger partial charge is 0.350 e. The van der Waals surface area contributed by atoms with E-state index in [0.717, 1.165) is 22.0 Å². The molecule has 0 spiro atoms. The Labute approximate surface area is 122 Å². The second-order valence-electron chi connectivity index (χ2n) is 5.21. The van der Waals surface area contributed by atoms with E-state index in [-0.39, 0.29) is 24.4 Å². The molecule has 0 bridgehead atoms. The number of carbonyl (C=O) groups excluding carboxylic acids is 2. The summed E-state index contributed by atoms with van der Waals surface area (Å²) in [5, 5.41) is 4.43. The van der Waals surface area contributed by atoms with Crippen molar-refractivity contribution >= 4 is 28.3 Å². The van der Waals surface area contributed by atoms with Crippen LogP contribution in [0.4, 0.5) is 5.69 Å². The Bertz CT molecular complexity index is 727. The SMILES string of the molecule is CC1C(=O)NC(=O)CN1c1ccc(CN)c2ccccc12. The van der Waals surface area contributed by atoms with Gasteiger partial charge in [0, 0.05) is 17.6 Å². The van der Waals surface area contributed by atoms with Crippen molar-refractivity contribution in [3.63, 3.8) is 0 Å². The lowest BCUT2D eigenvalue weighted by molar-refractivity contribution is -0.132. The minimum Gasteiger partial charge on any atom is -0.350 e. The van der Waals surface area contributed by atoms with Gasteiger partial charge in [0.15, 0.2) is 0 Å². The molecule has 1 saturated heterocycles. The van der Waals surface area contributed by atoms with Gasteiger partial charge in [0.05, 0.1) is 6.54 Å². The Hall–Kier alpha value is -2.40. The van der Waals surface area contributed by atoms with Crippen molar-refractivity contribution in [1.29, 1.82) is 0 Å². The van der Waals surface area contributed by atoms with E-state index in [9.17, 15) is 9.59 Å². The van der Waals surface area contributed by atoms with E-state index in [2.05, 4.69) is 5.32 Å². The minimum absolute atomic E-state index is 0.179. The fourth-order valence-corrected chi connectivity index (χ4v) is 2.78. The van der Waals surface area contributed by atoms with Crippen LogP contribution in [0.15, 0.2) is 36.4 Å². The number of carbonyl (C=O) groups is 2. The zero-order valence-electron chi connectivity index (χ0n) is 11.8. The van der Waals surface area contributed by atoms with Crippen molar-refractivity contribution in [3.05, 3.63) is 42.0 Å². The molecule has 2 aromatic carbocycles. The topological polar surface area (TPSA) is 75.4 Å². The third-order valence-electron chi connectivity index (χ3n) is 3.94. The van der Waals surface area contributed by atoms with E-state index in [4.69, 9.17) is 5.73 Å². The molecule has 1 aliphatic heterocycles. The number of rotatable bonds is 2. The number of nitrogens with two attached hydrogens (primary N) is 1. The fourth-order valence-electron chi connectivity index (χ4n) is 2.78. The highest BCUT2D eigenvalue weighted by molar-refractivity contribution is 6.07. The van der Waals surface area contributed by atoms with Crippen molar-refractivity contribution in [3.8, 4) is 0 Å². The molecule has 5 nitrogen and oxygen atoms in total. The lowest BCUT2D eigenvalue weighted by Crippen LogP contribution is -2.57. The van der Waals surface area contributed by atoms with Gasteiger partial charge in [0.1, 0.15) is 6.04 Å². The van der Waals surface area contributed by atoms with E-state index >= 15 is 0 Å². The second-order valence-corrected chi connectivity index (χ2v) is 5.21. The zero-order chi connectivity index (χ0) is 15.0. The smallest absolute Gasteiger partial charge is 0.249 e. The molecule has 3 N–H and O–H groups in total. The Morgan fingerprint density at radius 2 is 1.90 bits per heavy atom. The summed E-state index contributed by atoms with van der Waals surface area (Å²) < 4.78 is 0. The van der Waals surface area contributed by atoms with Gasteiger partial charge in [-0.2, -0.15) is 0 Å². The van der Waals surface area contributed by atoms with Crippen LogP contribution in [-0.2, 0) is 16.1 Å². The maximum Gasteiger partial charge on any atom is 0.249 e. The first-order chi connectivity index (χ1) is 10.1. The highest BCUT2D eigenvalue weighted by Gasteiger charge is 2.31. The molecule has 1 fully saturated rings. The number of amides is 2. The van der Waals surface area contributed by atoms with Crippen molar-refractivity contribution in [1.82, 2.24) is 5.32 Å². The van der Waals surface area contributed by atoms with Gasteiger partial charge in [0.2, 0.25) is 11.8 Å². The van der Waals surface area contributed by atoms with Crippen LogP contribution in [0.25, 0.3) is 10.8 Å². The molecule has 5 heteroatoms. The van der Waals surface area contributed by atoms with Crippen LogP contribution >= 0.6 is 0 Å². The highest BCUT2D eigenvalue weighted by atomic mass is 16.2. The van der Waals surface area contributed by atoms with Gasteiger partial charge >= 0.3 is 0 Å². The number of hydrogen-bond donors (Lipinski definition) is 2. The van der Waals surface area contributed by atoms with E-state index < -0.39 is 0 Å². The monoisotopic (exact) mass is 283 g/mol. The molecule has 108 valence electrons. The van der Waals surface area contributed by atoms with Crippen LogP contribution < -0.4 is 16.0 Å². The number of anilines is 1. The molecule has 2 amide bonds. The average Bonchev–Trinajstić information content (AvgIpc) is 2.50. The Kier molecular flexibility index (Phi) is 3.35. The molecule has 0 saturated carbocycles. The lowest BCUT2D eigenvalue weighted by atomic mass is 10.0. The predicted octanol–water partition coefficient (Wildman–Crippen LogP) is 1.15. The van der Waals surface area contributed by atoms with Crippen LogP contribution in [0.3, 0.4) is 0 Å². The van der Waals surface area contributed by atoms with Gasteiger partial charge in [0.25, 0.3) is 0 Å². The first-order valence-corrected chi connectivity index (χ1v) is 6.93.